The molecule has 0 bridgehead atoms. The fraction of sp³-hybridized carbons (Fsp3) is 0.160. The number of carbonyl (C=O) groups excluding carboxylic acids is 1. The molecular formula is C25H23N5OS. The van der Waals surface area contributed by atoms with Gasteiger partial charge in [0.1, 0.15) is 5.25 Å². The minimum absolute atomic E-state index is 0.0348. The summed E-state index contributed by atoms with van der Waals surface area (Å²) >= 11 is 1.44. The quantitative estimate of drug-likeness (QED) is 0.482. The van der Waals surface area contributed by atoms with Crippen molar-refractivity contribution in [3.8, 4) is 11.4 Å². The summed E-state index contributed by atoms with van der Waals surface area (Å²) < 4.78 is 1.89. The molecule has 6 nitrogen and oxygen atoms in total. The fourth-order valence-electron chi connectivity index (χ4n) is 3.74. The first-order valence-electron chi connectivity index (χ1n) is 10.5. The number of rotatable bonds is 5. The van der Waals surface area contributed by atoms with Gasteiger partial charge >= 0.3 is 0 Å². The molecule has 2 atom stereocenters. The minimum Gasteiger partial charge on any atom is -0.351 e. The molecular weight excluding hydrogens is 418 g/mol. The van der Waals surface area contributed by atoms with Crippen LogP contribution in [0.3, 0.4) is 0 Å². The van der Waals surface area contributed by atoms with Gasteiger partial charge in [-0.25, -0.2) is 4.68 Å². The second-order valence-corrected chi connectivity index (χ2v) is 8.88. The van der Waals surface area contributed by atoms with Gasteiger partial charge in [-0.2, -0.15) is 0 Å². The number of nitrogens with one attached hydrogen (secondary N) is 2. The van der Waals surface area contributed by atoms with E-state index in [2.05, 4.69) is 52.1 Å². The highest BCUT2D eigenvalue weighted by Crippen LogP contribution is 2.38. The van der Waals surface area contributed by atoms with Crippen LogP contribution < -0.4 is 10.7 Å². The zero-order valence-electron chi connectivity index (χ0n) is 17.6. The van der Waals surface area contributed by atoms with Crippen LogP contribution in [0.25, 0.3) is 11.4 Å². The highest BCUT2D eigenvalue weighted by atomic mass is 32.2. The number of benzene rings is 3. The zero-order chi connectivity index (χ0) is 21.9. The van der Waals surface area contributed by atoms with E-state index in [1.165, 1.54) is 17.3 Å². The van der Waals surface area contributed by atoms with Gasteiger partial charge in [0.2, 0.25) is 11.1 Å². The van der Waals surface area contributed by atoms with E-state index in [1.54, 1.807) is 0 Å². The number of aryl methyl sites for hydroxylation is 1. The number of nitrogens with zero attached hydrogens (tertiary/aromatic N) is 3. The number of amides is 1. The third-order valence-electron chi connectivity index (χ3n) is 5.47. The summed E-state index contributed by atoms with van der Waals surface area (Å²) in [7, 11) is 0. The number of fused-ring (bicyclic) bond motifs is 1. The Morgan fingerprint density at radius 1 is 0.969 bits per heavy atom. The van der Waals surface area contributed by atoms with Crippen LogP contribution in [0, 0.1) is 6.92 Å². The van der Waals surface area contributed by atoms with Crippen molar-refractivity contribution in [3.63, 3.8) is 0 Å². The molecule has 0 radical (unpaired) electrons. The van der Waals surface area contributed by atoms with Gasteiger partial charge in [0.25, 0.3) is 0 Å². The third-order valence-corrected chi connectivity index (χ3v) is 6.69. The lowest BCUT2D eigenvalue weighted by Crippen LogP contribution is -2.43. The monoisotopic (exact) mass is 441 g/mol. The number of hydrogen-bond donors (Lipinski definition) is 2. The Morgan fingerprint density at radius 3 is 2.38 bits per heavy atom. The summed E-state index contributed by atoms with van der Waals surface area (Å²) in [5, 5.41) is 12.1. The van der Waals surface area contributed by atoms with E-state index in [9.17, 15) is 4.79 Å². The molecule has 1 amide bonds. The minimum atomic E-state index is -0.387. The van der Waals surface area contributed by atoms with E-state index in [0.29, 0.717) is 11.7 Å². The van der Waals surface area contributed by atoms with Crippen LogP contribution in [0.1, 0.15) is 22.7 Å². The maximum Gasteiger partial charge on any atom is 0.236 e. The van der Waals surface area contributed by atoms with Crippen molar-refractivity contribution < 1.29 is 4.79 Å². The highest BCUT2D eigenvalue weighted by molar-refractivity contribution is 8.00. The van der Waals surface area contributed by atoms with E-state index in [1.807, 2.05) is 65.3 Å². The summed E-state index contributed by atoms with van der Waals surface area (Å²) in [5.74, 6) is 0.695. The van der Waals surface area contributed by atoms with Gasteiger partial charge in [-0.3, -0.25) is 4.79 Å². The van der Waals surface area contributed by atoms with Crippen molar-refractivity contribution in [2.24, 2.45) is 0 Å². The Balaban J connectivity index is 1.46. The maximum absolute atomic E-state index is 13.3. The Bertz CT molecular complexity index is 1210. The van der Waals surface area contributed by atoms with Gasteiger partial charge in [-0.1, -0.05) is 102 Å². The Hall–Kier alpha value is -3.58. The molecule has 1 aromatic heterocycles. The molecule has 1 aliphatic heterocycles. The zero-order valence-corrected chi connectivity index (χ0v) is 18.4. The second kappa shape index (κ2) is 8.88. The van der Waals surface area contributed by atoms with Crippen LogP contribution in [0.5, 0.6) is 0 Å². The SMILES string of the molecule is Cc1ccc([C@H]2Nn3c(nnc3-c3ccccc3)S[C@@H]2C(=O)NCc2ccccc2)cc1. The summed E-state index contributed by atoms with van der Waals surface area (Å²) in [6, 6.07) is 27.9. The largest absolute Gasteiger partial charge is 0.351 e. The van der Waals surface area contributed by atoms with E-state index in [-0.39, 0.29) is 17.2 Å². The Labute approximate surface area is 191 Å². The molecule has 0 saturated heterocycles. The number of hydrogen-bond acceptors (Lipinski definition) is 5. The molecule has 32 heavy (non-hydrogen) atoms. The normalized spacial score (nSPS) is 17.3. The van der Waals surface area contributed by atoms with Crippen LogP contribution in [-0.2, 0) is 11.3 Å². The molecule has 160 valence electrons. The molecule has 3 aromatic carbocycles. The van der Waals surface area contributed by atoms with Gasteiger partial charge < -0.3 is 10.7 Å². The maximum atomic E-state index is 13.3. The van der Waals surface area contributed by atoms with E-state index < -0.39 is 0 Å². The first-order chi connectivity index (χ1) is 15.7. The standard InChI is InChI=1S/C25H23N5OS/c1-17-12-14-19(15-13-17)21-22(24(31)26-16-18-8-4-2-5-9-18)32-25-28-27-23(30(25)29-21)20-10-6-3-7-11-20/h2-15,21-22,29H,16H2,1H3,(H,26,31)/t21-,22+/m1/s1. The lowest BCUT2D eigenvalue weighted by atomic mass is 10.0. The van der Waals surface area contributed by atoms with Crippen molar-refractivity contribution in [1.82, 2.24) is 20.2 Å². The first-order valence-corrected chi connectivity index (χ1v) is 11.4. The van der Waals surface area contributed by atoms with Crippen molar-refractivity contribution in [1.29, 1.82) is 0 Å². The summed E-state index contributed by atoms with van der Waals surface area (Å²) in [5.41, 5.74) is 7.77. The summed E-state index contributed by atoms with van der Waals surface area (Å²) in [4.78, 5) is 13.3. The molecule has 5 rings (SSSR count). The molecule has 2 N–H and O–H groups in total. The molecule has 0 fully saturated rings. The van der Waals surface area contributed by atoms with Crippen LogP contribution in [-0.4, -0.2) is 26.0 Å². The molecule has 0 saturated carbocycles. The molecule has 0 unspecified atom stereocenters. The van der Waals surface area contributed by atoms with Crippen molar-refractivity contribution in [3.05, 3.63) is 102 Å². The average Bonchev–Trinajstić information content (AvgIpc) is 3.26. The molecule has 2 heterocycles. The predicted octanol–water partition coefficient (Wildman–Crippen LogP) is 4.33. The first kappa shape index (κ1) is 20.3. The van der Waals surface area contributed by atoms with Crippen LogP contribution in [0.15, 0.2) is 90.1 Å². The van der Waals surface area contributed by atoms with Crippen LogP contribution >= 0.6 is 11.8 Å². The Morgan fingerprint density at radius 2 is 1.66 bits per heavy atom. The van der Waals surface area contributed by atoms with Crippen molar-refractivity contribution in [2.45, 2.75) is 29.9 Å². The van der Waals surface area contributed by atoms with Gasteiger partial charge in [0, 0.05) is 12.1 Å². The van der Waals surface area contributed by atoms with E-state index in [0.717, 1.165) is 22.5 Å². The van der Waals surface area contributed by atoms with Gasteiger partial charge in [-0.05, 0) is 18.1 Å². The van der Waals surface area contributed by atoms with Gasteiger partial charge in [-0.15, -0.1) is 10.2 Å². The molecule has 1 aliphatic rings. The van der Waals surface area contributed by atoms with Crippen LogP contribution in [0.2, 0.25) is 0 Å². The molecule has 4 aromatic rings. The predicted molar refractivity (Wildman–Crippen MR) is 127 cm³/mol. The number of thioether (sulfide) groups is 1. The van der Waals surface area contributed by atoms with E-state index in [4.69, 9.17) is 0 Å². The van der Waals surface area contributed by atoms with Crippen molar-refractivity contribution >= 4 is 17.7 Å². The number of aromatic nitrogens is 3. The van der Waals surface area contributed by atoms with Gasteiger partial charge in [0.15, 0.2) is 5.82 Å². The smallest absolute Gasteiger partial charge is 0.236 e. The second-order valence-electron chi connectivity index (χ2n) is 7.77. The van der Waals surface area contributed by atoms with Gasteiger partial charge in [0.05, 0.1) is 6.04 Å². The average molecular weight is 442 g/mol. The van der Waals surface area contributed by atoms with E-state index >= 15 is 0 Å². The third kappa shape index (κ3) is 4.11. The number of carbonyl (C=O) groups is 1. The summed E-state index contributed by atoms with van der Waals surface area (Å²) in [6.45, 7) is 2.54. The van der Waals surface area contributed by atoms with Crippen LogP contribution in [0.4, 0.5) is 0 Å². The topological polar surface area (TPSA) is 71.8 Å². The fourth-order valence-corrected chi connectivity index (χ4v) is 4.84. The Kier molecular flexibility index (Phi) is 5.64. The molecule has 7 heteroatoms. The highest BCUT2D eigenvalue weighted by Gasteiger charge is 2.37. The van der Waals surface area contributed by atoms with Crippen molar-refractivity contribution in [2.75, 3.05) is 5.43 Å². The molecule has 0 spiro atoms. The lowest BCUT2D eigenvalue weighted by molar-refractivity contribution is -0.121. The lowest BCUT2D eigenvalue weighted by Gasteiger charge is -2.33. The molecule has 0 aliphatic carbocycles. The summed E-state index contributed by atoms with van der Waals surface area (Å²) in [6.07, 6.45) is 0.